The Hall–Kier alpha value is -4.44. The maximum absolute atomic E-state index is 11.7. The van der Waals surface area contributed by atoms with E-state index in [1.807, 2.05) is 44.2 Å². The normalized spacial score (nSPS) is 14.3. The minimum absolute atomic E-state index is 0.211. The van der Waals surface area contributed by atoms with Gasteiger partial charge in [-0.1, -0.05) is 48.5 Å². The van der Waals surface area contributed by atoms with Crippen LogP contribution in [0.25, 0.3) is 11.0 Å². The summed E-state index contributed by atoms with van der Waals surface area (Å²) in [5.41, 5.74) is 5.60. The molecule has 1 aromatic heterocycles. The summed E-state index contributed by atoms with van der Waals surface area (Å²) >= 11 is 0. The summed E-state index contributed by atoms with van der Waals surface area (Å²) in [6.45, 7) is 5.50. The number of hydrogen-bond donors (Lipinski definition) is 2. The van der Waals surface area contributed by atoms with Gasteiger partial charge in [-0.2, -0.15) is 5.26 Å². The Labute approximate surface area is 203 Å². The fourth-order valence-corrected chi connectivity index (χ4v) is 4.64. The van der Waals surface area contributed by atoms with Crippen LogP contribution in [0.3, 0.4) is 0 Å². The van der Waals surface area contributed by atoms with Crippen molar-refractivity contribution in [1.82, 2.24) is 9.97 Å². The number of nitrogens with zero attached hydrogens (tertiary/aromatic N) is 4. The van der Waals surface area contributed by atoms with Gasteiger partial charge in [-0.05, 0) is 43.2 Å². The lowest BCUT2D eigenvalue weighted by molar-refractivity contribution is 0.0698. The first-order valence-corrected chi connectivity index (χ1v) is 11.6. The van der Waals surface area contributed by atoms with Crippen LogP contribution in [0.1, 0.15) is 51.6 Å². The zero-order valence-corrected chi connectivity index (χ0v) is 19.6. The van der Waals surface area contributed by atoms with Gasteiger partial charge in [-0.15, -0.1) is 0 Å². The summed E-state index contributed by atoms with van der Waals surface area (Å²) in [6, 6.07) is 23.2. The summed E-state index contributed by atoms with van der Waals surface area (Å²) in [6.07, 6.45) is 0. The van der Waals surface area contributed by atoms with Crippen molar-refractivity contribution < 1.29 is 9.90 Å². The predicted molar refractivity (Wildman–Crippen MR) is 136 cm³/mol. The second kappa shape index (κ2) is 9.07. The first kappa shape index (κ1) is 22.4. The third-order valence-corrected chi connectivity index (χ3v) is 6.48. The third kappa shape index (κ3) is 4.26. The van der Waals surface area contributed by atoms with Crippen molar-refractivity contribution in [3.63, 3.8) is 0 Å². The number of aromatic nitrogens is 2. The van der Waals surface area contributed by atoms with E-state index >= 15 is 0 Å². The Morgan fingerprint density at radius 3 is 2.54 bits per heavy atom. The number of benzene rings is 3. The number of para-hydroxylation sites is 1. The maximum Gasteiger partial charge on any atom is 0.337 e. The molecule has 7 heteroatoms. The number of aromatic carboxylic acids is 1. The fourth-order valence-electron chi connectivity index (χ4n) is 4.64. The first-order valence-electron chi connectivity index (χ1n) is 11.6. The predicted octanol–water partition coefficient (Wildman–Crippen LogP) is 5.29. The van der Waals surface area contributed by atoms with Crippen molar-refractivity contribution in [3.05, 3.63) is 94.7 Å². The second-order valence-corrected chi connectivity index (χ2v) is 8.96. The number of fused-ring (bicyclic) bond motifs is 1. The van der Waals surface area contributed by atoms with E-state index in [0.717, 1.165) is 24.2 Å². The molecule has 2 N–H and O–H groups in total. The molecule has 2 heterocycles. The quantitative estimate of drug-likeness (QED) is 0.401. The van der Waals surface area contributed by atoms with Crippen LogP contribution in [0, 0.1) is 18.3 Å². The van der Waals surface area contributed by atoms with E-state index in [4.69, 9.17) is 4.98 Å². The van der Waals surface area contributed by atoms with Crippen molar-refractivity contribution in [3.8, 4) is 6.07 Å². The Morgan fingerprint density at radius 1 is 1.11 bits per heavy atom. The Balaban J connectivity index is 1.51. The topological polar surface area (TPSA) is 102 Å². The molecule has 1 fully saturated rings. The van der Waals surface area contributed by atoms with Gasteiger partial charge in [0.2, 0.25) is 0 Å². The number of aryl methyl sites for hydroxylation is 1. The molecule has 3 aromatic carbocycles. The van der Waals surface area contributed by atoms with E-state index in [9.17, 15) is 15.2 Å². The van der Waals surface area contributed by atoms with Crippen molar-refractivity contribution >= 4 is 28.5 Å². The Kier molecular flexibility index (Phi) is 5.79. The van der Waals surface area contributed by atoms with E-state index in [-0.39, 0.29) is 11.6 Å². The monoisotopic (exact) mass is 463 g/mol. The molecule has 0 saturated carbocycles. The molecule has 0 spiro atoms. The lowest BCUT2D eigenvalue weighted by Gasteiger charge is -2.40. The molecular weight excluding hydrogens is 438 g/mol. The average Bonchev–Trinajstić information content (AvgIpc) is 2.83. The molecule has 0 radical (unpaired) electrons. The van der Waals surface area contributed by atoms with Gasteiger partial charge in [0.1, 0.15) is 6.07 Å². The number of carboxylic acids is 1. The number of carboxylic acid groups (broad SMARTS) is 1. The third-order valence-electron chi connectivity index (χ3n) is 6.48. The standard InChI is InChI=1S/C28H25N5O2/c1-17-12-22(18(2)30-23-11-7-6-10-21(23)28(34)35)26-24(13-17)31-25(14-29)27(32-26)33-15-20(16-33)19-8-4-3-5-9-19/h3-13,18,20,30H,15-16H2,1-2H3,(H,34,35)/t18-/m1/s1. The van der Waals surface area contributed by atoms with Crippen LogP contribution in [-0.2, 0) is 0 Å². The van der Waals surface area contributed by atoms with Crippen LogP contribution < -0.4 is 10.2 Å². The largest absolute Gasteiger partial charge is 0.478 e. The van der Waals surface area contributed by atoms with Crippen LogP contribution in [0.2, 0.25) is 0 Å². The summed E-state index contributed by atoms with van der Waals surface area (Å²) < 4.78 is 0. The van der Waals surface area contributed by atoms with Crippen LogP contribution in [0.5, 0.6) is 0 Å². The molecule has 1 aliphatic heterocycles. The molecule has 1 atom stereocenters. The second-order valence-electron chi connectivity index (χ2n) is 8.96. The summed E-state index contributed by atoms with van der Waals surface area (Å²) in [5, 5.41) is 22.7. The zero-order chi connectivity index (χ0) is 24.5. The van der Waals surface area contributed by atoms with Gasteiger partial charge in [0.15, 0.2) is 11.5 Å². The lowest BCUT2D eigenvalue weighted by atomic mass is 9.91. The summed E-state index contributed by atoms with van der Waals surface area (Å²) in [4.78, 5) is 23.4. The van der Waals surface area contributed by atoms with Gasteiger partial charge in [0.25, 0.3) is 0 Å². The van der Waals surface area contributed by atoms with Crippen molar-refractivity contribution in [2.24, 2.45) is 0 Å². The molecular formula is C28H25N5O2. The molecule has 7 nitrogen and oxygen atoms in total. The van der Waals surface area contributed by atoms with Gasteiger partial charge in [-0.25, -0.2) is 14.8 Å². The minimum atomic E-state index is -0.985. The van der Waals surface area contributed by atoms with Crippen LogP contribution >= 0.6 is 0 Å². The smallest absolute Gasteiger partial charge is 0.337 e. The number of nitriles is 1. The first-order chi connectivity index (χ1) is 16.9. The maximum atomic E-state index is 11.7. The van der Waals surface area contributed by atoms with Gasteiger partial charge < -0.3 is 15.3 Å². The zero-order valence-electron chi connectivity index (χ0n) is 19.6. The molecule has 35 heavy (non-hydrogen) atoms. The van der Waals surface area contributed by atoms with Gasteiger partial charge in [0, 0.05) is 30.3 Å². The van der Waals surface area contributed by atoms with E-state index < -0.39 is 5.97 Å². The van der Waals surface area contributed by atoms with Crippen molar-refractivity contribution in [1.29, 1.82) is 5.26 Å². The van der Waals surface area contributed by atoms with Gasteiger partial charge >= 0.3 is 5.97 Å². The minimum Gasteiger partial charge on any atom is -0.478 e. The Bertz CT molecular complexity index is 1460. The fraction of sp³-hybridized carbons (Fsp3) is 0.214. The molecule has 174 valence electrons. The number of anilines is 2. The highest BCUT2D eigenvalue weighted by Gasteiger charge is 2.31. The molecule has 1 aliphatic rings. The van der Waals surface area contributed by atoms with Crippen LogP contribution in [-0.4, -0.2) is 34.1 Å². The SMILES string of the molecule is Cc1cc([C@@H](C)Nc2ccccc2C(=O)O)c2nc(N3CC(c4ccccc4)C3)c(C#N)nc2c1. The van der Waals surface area contributed by atoms with Crippen molar-refractivity contribution in [2.45, 2.75) is 25.8 Å². The molecule has 4 aromatic rings. The molecule has 1 saturated heterocycles. The van der Waals surface area contributed by atoms with Crippen molar-refractivity contribution in [2.75, 3.05) is 23.3 Å². The van der Waals surface area contributed by atoms with Crippen LogP contribution in [0.15, 0.2) is 66.7 Å². The van der Waals surface area contributed by atoms with Gasteiger partial charge in [0.05, 0.1) is 22.6 Å². The molecule has 0 bridgehead atoms. The van der Waals surface area contributed by atoms with E-state index in [0.29, 0.717) is 34.2 Å². The summed E-state index contributed by atoms with van der Waals surface area (Å²) in [5.74, 6) is 0.00199. The van der Waals surface area contributed by atoms with E-state index in [1.165, 1.54) is 5.56 Å². The van der Waals surface area contributed by atoms with Crippen LogP contribution in [0.4, 0.5) is 11.5 Å². The highest BCUT2D eigenvalue weighted by Crippen LogP contribution is 2.35. The molecule has 0 aliphatic carbocycles. The lowest BCUT2D eigenvalue weighted by Crippen LogP contribution is -2.46. The molecule has 5 rings (SSSR count). The number of rotatable bonds is 6. The Morgan fingerprint density at radius 2 is 1.83 bits per heavy atom. The summed E-state index contributed by atoms with van der Waals surface area (Å²) in [7, 11) is 0. The molecule has 0 unspecified atom stereocenters. The van der Waals surface area contributed by atoms with E-state index in [1.54, 1.807) is 24.3 Å². The highest BCUT2D eigenvalue weighted by molar-refractivity contribution is 5.94. The van der Waals surface area contributed by atoms with Gasteiger partial charge in [-0.3, -0.25) is 0 Å². The van der Waals surface area contributed by atoms with E-state index in [2.05, 4.69) is 33.4 Å². The number of carbonyl (C=O) groups is 1. The molecule has 0 amide bonds. The number of nitrogens with one attached hydrogen (secondary N) is 1. The highest BCUT2D eigenvalue weighted by atomic mass is 16.4. The average molecular weight is 464 g/mol. The number of hydrogen-bond acceptors (Lipinski definition) is 6.